The summed E-state index contributed by atoms with van der Waals surface area (Å²) in [5.41, 5.74) is 2.31. The minimum atomic E-state index is 0.220. The highest BCUT2D eigenvalue weighted by atomic mass is 16.5. The van der Waals surface area contributed by atoms with Crippen LogP contribution in [0.5, 0.6) is 0 Å². The average molecular weight is 411 g/mol. The molecule has 0 spiro atoms. The van der Waals surface area contributed by atoms with Crippen LogP contribution in [0, 0.1) is 18.8 Å². The second kappa shape index (κ2) is 7.97. The molecule has 162 valence electrons. The van der Waals surface area contributed by atoms with Crippen LogP contribution in [0.2, 0.25) is 0 Å². The van der Waals surface area contributed by atoms with E-state index in [1.165, 1.54) is 18.6 Å². The van der Waals surface area contributed by atoms with E-state index in [0.29, 0.717) is 23.9 Å². The molecule has 0 bridgehead atoms. The summed E-state index contributed by atoms with van der Waals surface area (Å²) in [6.45, 7) is 8.02. The predicted octanol–water partition coefficient (Wildman–Crippen LogP) is 3.25. The molecule has 5 rings (SSSR count). The van der Waals surface area contributed by atoms with Gasteiger partial charge in [-0.3, -0.25) is 9.69 Å². The molecule has 1 saturated carbocycles. The van der Waals surface area contributed by atoms with Crippen molar-refractivity contribution in [3.05, 3.63) is 30.1 Å². The van der Waals surface area contributed by atoms with Crippen molar-refractivity contribution in [2.45, 2.75) is 57.7 Å². The molecule has 1 amide bonds. The number of carbonyl (C=O) groups excluding carboxylic acids is 1. The Balaban J connectivity index is 1.33. The van der Waals surface area contributed by atoms with Gasteiger partial charge in [0.05, 0.1) is 23.2 Å². The van der Waals surface area contributed by atoms with Gasteiger partial charge in [0, 0.05) is 46.3 Å². The normalized spacial score (nSPS) is 30.7. The molecule has 3 aliphatic rings. The van der Waals surface area contributed by atoms with Gasteiger partial charge in [-0.15, -0.1) is 0 Å². The molecule has 3 heterocycles. The molecule has 4 atom stereocenters. The zero-order valence-corrected chi connectivity index (χ0v) is 18.5. The van der Waals surface area contributed by atoms with E-state index in [4.69, 9.17) is 9.72 Å². The van der Waals surface area contributed by atoms with Crippen LogP contribution in [0.4, 0.5) is 0 Å². The summed E-state index contributed by atoms with van der Waals surface area (Å²) >= 11 is 0. The quantitative estimate of drug-likeness (QED) is 0.779. The van der Waals surface area contributed by atoms with Crippen LogP contribution in [-0.4, -0.2) is 70.7 Å². The summed E-state index contributed by atoms with van der Waals surface area (Å²) in [5, 5.41) is 0. The van der Waals surface area contributed by atoms with Gasteiger partial charge in [-0.2, -0.15) is 0 Å². The first-order valence-corrected chi connectivity index (χ1v) is 11.5. The number of hydrogen-bond donors (Lipinski definition) is 0. The molecule has 0 radical (unpaired) electrons. The third-order valence-electron chi connectivity index (χ3n) is 7.95. The maximum Gasteiger partial charge on any atom is 0.219 e. The highest BCUT2D eigenvalue weighted by Gasteiger charge is 2.45. The number of fused-ring (bicyclic) bond motifs is 2. The number of ether oxygens (including phenoxy) is 1. The molecule has 1 aliphatic carbocycles. The van der Waals surface area contributed by atoms with Crippen molar-refractivity contribution in [3.63, 3.8) is 0 Å². The van der Waals surface area contributed by atoms with Gasteiger partial charge < -0.3 is 14.2 Å². The molecule has 30 heavy (non-hydrogen) atoms. The van der Waals surface area contributed by atoms with Crippen LogP contribution in [0.1, 0.15) is 44.5 Å². The second-order valence-corrected chi connectivity index (χ2v) is 9.54. The van der Waals surface area contributed by atoms with Crippen LogP contribution in [0.3, 0.4) is 0 Å². The SMILES string of the molecule is CO[C@H]1C[C@@H]2CN(C3CCN(C(C)=O)CC3)C[C@@H]2C[C@@H]1n1c(C)nc2ccccc21. The van der Waals surface area contributed by atoms with Gasteiger partial charge >= 0.3 is 0 Å². The number of likely N-dealkylation sites (tertiary alicyclic amines) is 2. The molecule has 2 aliphatic heterocycles. The van der Waals surface area contributed by atoms with Crippen LogP contribution in [0.25, 0.3) is 11.0 Å². The monoisotopic (exact) mass is 410 g/mol. The first kappa shape index (κ1) is 20.0. The topological polar surface area (TPSA) is 50.6 Å². The number of hydrogen-bond acceptors (Lipinski definition) is 4. The van der Waals surface area contributed by atoms with E-state index in [1.807, 2.05) is 12.0 Å². The fourth-order valence-electron chi connectivity index (χ4n) is 6.38. The molecular formula is C24H34N4O2. The highest BCUT2D eigenvalue weighted by molar-refractivity contribution is 5.76. The summed E-state index contributed by atoms with van der Waals surface area (Å²) in [6.07, 6.45) is 4.75. The van der Waals surface area contributed by atoms with E-state index in [0.717, 1.165) is 50.1 Å². The molecule has 1 aromatic carbocycles. The Hall–Kier alpha value is -1.92. The number of aromatic nitrogens is 2. The van der Waals surface area contributed by atoms with Crippen molar-refractivity contribution in [2.75, 3.05) is 33.3 Å². The third-order valence-corrected chi connectivity index (χ3v) is 7.95. The minimum absolute atomic E-state index is 0.220. The lowest BCUT2D eigenvalue weighted by molar-refractivity contribution is -0.130. The number of benzene rings is 1. The third kappa shape index (κ3) is 3.44. The van der Waals surface area contributed by atoms with E-state index >= 15 is 0 Å². The molecule has 6 nitrogen and oxygen atoms in total. The van der Waals surface area contributed by atoms with Crippen LogP contribution in [-0.2, 0) is 9.53 Å². The number of nitrogens with zero attached hydrogens (tertiary/aromatic N) is 4. The van der Waals surface area contributed by atoms with Crippen LogP contribution in [0.15, 0.2) is 24.3 Å². The first-order chi connectivity index (χ1) is 14.5. The van der Waals surface area contributed by atoms with Crippen LogP contribution >= 0.6 is 0 Å². The van der Waals surface area contributed by atoms with Gasteiger partial charge in [-0.25, -0.2) is 4.98 Å². The van der Waals surface area contributed by atoms with Gasteiger partial charge in [0.15, 0.2) is 0 Å². The zero-order chi connectivity index (χ0) is 20.8. The van der Waals surface area contributed by atoms with Crippen molar-refractivity contribution in [1.29, 1.82) is 0 Å². The minimum Gasteiger partial charge on any atom is -0.379 e. The van der Waals surface area contributed by atoms with Gasteiger partial charge in [0.1, 0.15) is 5.82 Å². The van der Waals surface area contributed by atoms with E-state index in [2.05, 4.69) is 40.7 Å². The number of imidazole rings is 1. The molecule has 0 unspecified atom stereocenters. The molecule has 3 fully saturated rings. The van der Waals surface area contributed by atoms with Gasteiger partial charge in [0.25, 0.3) is 0 Å². The number of methoxy groups -OCH3 is 1. The fraction of sp³-hybridized carbons (Fsp3) is 0.667. The molecule has 6 heteroatoms. The summed E-state index contributed by atoms with van der Waals surface area (Å²) in [6, 6.07) is 9.45. The van der Waals surface area contributed by atoms with Crippen molar-refractivity contribution < 1.29 is 9.53 Å². The number of amides is 1. The lowest BCUT2D eigenvalue weighted by Gasteiger charge is -2.38. The molecular weight excluding hydrogens is 376 g/mol. The second-order valence-electron chi connectivity index (χ2n) is 9.54. The molecule has 1 aromatic heterocycles. The van der Waals surface area contributed by atoms with E-state index < -0.39 is 0 Å². The first-order valence-electron chi connectivity index (χ1n) is 11.5. The lowest BCUT2D eigenvalue weighted by atomic mass is 9.77. The zero-order valence-electron chi connectivity index (χ0n) is 18.5. The van der Waals surface area contributed by atoms with Gasteiger partial charge in [-0.05, 0) is 56.6 Å². The van der Waals surface area contributed by atoms with E-state index in [9.17, 15) is 4.79 Å². The van der Waals surface area contributed by atoms with E-state index in [1.54, 1.807) is 6.92 Å². The Morgan fingerprint density at radius 2 is 1.80 bits per heavy atom. The highest BCUT2D eigenvalue weighted by Crippen LogP contribution is 2.44. The lowest BCUT2D eigenvalue weighted by Crippen LogP contribution is -2.45. The number of piperidine rings is 1. The average Bonchev–Trinajstić information content (AvgIpc) is 3.32. The number of carbonyl (C=O) groups is 1. The van der Waals surface area contributed by atoms with Crippen molar-refractivity contribution >= 4 is 16.9 Å². The fourth-order valence-corrected chi connectivity index (χ4v) is 6.38. The number of para-hydroxylation sites is 2. The number of rotatable bonds is 3. The van der Waals surface area contributed by atoms with Crippen molar-refractivity contribution in [2.24, 2.45) is 11.8 Å². The maximum absolute atomic E-state index is 11.7. The molecule has 2 saturated heterocycles. The Kier molecular flexibility index (Phi) is 5.31. The standard InChI is InChI=1S/C24H34N4O2/c1-16-25-21-6-4-5-7-22(21)28(16)23-12-18-14-27(15-19(18)13-24(23)30-3)20-8-10-26(11-9-20)17(2)29/h4-7,18-20,23-24H,8-15H2,1-3H3/t18-,19+,23-,24-/m0/s1. The van der Waals surface area contributed by atoms with Crippen molar-refractivity contribution in [3.8, 4) is 0 Å². The van der Waals surface area contributed by atoms with Gasteiger partial charge in [-0.1, -0.05) is 12.1 Å². The Morgan fingerprint density at radius 3 is 2.50 bits per heavy atom. The molecule has 0 N–H and O–H groups in total. The summed E-state index contributed by atoms with van der Waals surface area (Å²) in [5.74, 6) is 2.74. The summed E-state index contributed by atoms with van der Waals surface area (Å²) < 4.78 is 8.49. The maximum atomic E-state index is 11.7. The van der Waals surface area contributed by atoms with Crippen molar-refractivity contribution in [1.82, 2.24) is 19.4 Å². The predicted molar refractivity (Wildman–Crippen MR) is 117 cm³/mol. The largest absolute Gasteiger partial charge is 0.379 e. The van der Waals surface area contributed by atoms with Crippen LogP contribution < -0.4 is 0 Å². The smallest absolute Gasteiger partial charge is 0.219 e. The Bertz CT molecular complexity index is 917. The molecule has 2 aromatic rings. The summed E-state index contributed by atoms with van der Waals surface area (Å²) in [4.78, 5) is 21.2. The number of aryl methyl sites for hydroxylation is 1. The Morgan fingerprint density at radius 1 is 1.10 bits per heavy atom. The Labute approximate surface area is 179 Å². The van der Waals surface area contributed by atoms with E-state index in [-0.39, 0.29) is 12.0 Å². The summed E-state index contributed by atoms with van der Waals surface area (Å²) in [7, 11) is 1.87. The van der Waals surface area contributed by atoms with Gasteiger partial charge in [0.2, 0.25) is 5.91 Å².